The van der Waals surface area contributed by atoms with Gasteiger partial charge in [-0.25, -0.2) is 0 Å². The second kappa shape index (κ2) is 21.4. The lowest BCUT2D eigenvalue weighted by Gasteiger charge is -2.17. The molecule has 0 bridgehead atoms. The molecule has 1 aliphatic heterocycles. The first kappa shape index (κ1) is 45.3. The number of aryl methyl sites for hydroxylation is 1. The van der Waals surface area contributed by atoms with Crippen molar-refractivity contribution in [3.63, 3.8) is 0 Å². The van der Waals surface area contributed by atoms with Crippen molar-refractivity contribution in [2.45, 2.75) is 25.3 Å². The Morgan fingerprint density at radius 1 is 0.600 bits per heavy atom. The third-order valence-corrected chi connectivity index (χ3v) is 12.7. The summed E-state index contributed by atoms with van der Waals surface area (Å²) in [6.07, 6.45) is 6.66. The fourth-order valence-electron chi connectivity index (χ4n) is 4.76. The van der Waals surface area contributed by atoms with Gasteiger partial charge in [0.05, 0.1) is 55.9 Å². The smallest absolute Gasteiger partial charge is 0.262 e. The maximum Gasteiger partial charge on any atom is 0.262 e. The molecule has 0 radical (unpaired) electrons. The largest absolute Gasteiger partial charge is 0.506 e. The minimum absolute atomic E-state index is 0.0592. The van der Waals surface area contributed by atoms with Gasteiger partial charge in [0.2, 0.25) is 5.52 Å². The number of fused-ring (bicyclic) bond motifs is 2. The number of para-hydroxylation sites is 2. The molecule has 0 saturated heterocycles. The van der Waals surface area contributed by atoms with E-state index in [0.29, 0.717) is 30.1 Å². The summed E-state index contributed by atoms with van der Waals surface area (Å²) in [5.74, 6) is -0.178. The summed E-state index contributed by atoms with van der Waals surface area (Å²) in [4.78, 5) is 3.72. The molecule has 5 nitrogen and oxygen atoms in total. The van der Waals surface area contributed by atoms with Crippen LogP contribution in [0.4, 0.5) is 5.69 Å². The van der Waals surface area contributed by atoms with E-state index in [2.05, 4.69) is 90.1 Å². The first-order valence-electron chi connectivity index (χ1n) is 16.0. The number of aromatic nitrogens is 1. The molecule has 2 heterocycles. The number of rotatable bonds is 4. The van der Waals surface area contributed by atoms with Gasteiger partial charge in [-0.05, 0) is 56.3 Å². The minimum atomic E-state index is -0.0592. The van der Waals surface area contributed by atoms with E-state index < -0.39 is 0 Å². The zero-order valence-corrected chi connectivity index (χ0v) is 37.1. The predicted molar refractivity (Wildman–Crippen MR) is 240 cm³/mol. The molecule has 0 fully saturated rings. The van der Waals surface area contributed by atoms with Gasteiger partial charge in [0, 0.05) is 41.8 Å². The molecule has 6 aromatic rings. The maximum atomic E-state index is 8.95. The number of halogens is 9. The van der Waals surface area contributed by atoms with Crippen LogP contribution < -0.4 is 9.47 Å². The predicted octanol–water partition coefficient (Wildman–Crippen LogP) is 15.8. The SMILES string of the molecule is CCN1/C(=C/C=C/c2sc3ccccc3[n+]2CC)Sc2ccccc21.Oc1cc(Cl)c(Cl)cc1Cl.Oc1cc(Cl)c(Cl)cc1Cl.Oc1cc(Cl)c(Cl)cc1Cl. The van der Waals surface area contributed by atoms with E-state index in [0.717, 1.165) is 13.1 Å². The molecule has 0 spiro atoms. The Labute approximate surface area is 372 Å². The van der Waals surface area contributed by atoms with Crippen molar-refractivity contribution >= 4 is 149 Å². The van der Waals surface area contributed by atoms with Crippen LogP contribution in [-0.2, 0) is 6.54 Å². The minimum Gasteiger partial charge on any atom is -0.506 e. The normalized spacial score (nSPS) is 12.5. The Morgan fingerprint density at radius 2 is 1.05 bits per heavy atom. The van der Waals surface area contributed by atoms with Crippen molar-refractivity contribution in [1.29, 1.82) is 0 Å². The van der Waals surface area contributed by atoms with Gasteiger partial charge in [-0.15, -0.1) is 0 Å². The molecule has 0 unspecified atom stereocenters. The Balaban J connectivity index is 0.000000186. The van der Waals surface area contributed by atoms with E-state index in [1.54, 1.807) is 0 Å². The summed E-state index contributed by atoms with van der Waals surface area (Å²) in [5, 5.41) is 31.9. The van der Waals surface area contributed by atoms with Gasteiger partial charge in [0.15, 0.2) is 0 Å². The summed E-state index contributed by atoms with van der Waals surface area (Å²) in [5.41, 5.74) is 2.64. The van der Waals surface area contributed by atoms with Gasteiger partial charge in [0.25, 0.3) is 5.01 Å². The zero-order valence-electron chi connectivity index (χ0n) is 28.7. The quantitative estimate of drug-likeness (QED) is 0.121. The summed E-state index contributed by atoms with van der Waals surface area (Å²) in [6, 6.07) is 25.3. The third kappa shape index (κ3) is 12.3. The Hall–Kier alpha value is -2.37. The third-order valence-electron chi connectivity index (χ3n) is 7.35. The highest BCUT2D eigenvalue weighted by molar-refractivity contribution is 8.03. The van der Waals surface area contributed by atoms with Crippen LogP contribution in [0.2, 0.25) is 45.2 Å². The van der Waals surface area contributed by atoms with E-state index in [-0.39, 0.29) is 32.3 Å². The lowest BCUT2D eigenvalue weighted by atomic mass is 10.3. The number of thioether (sulfide) groups is 1. The molecular weight excluding hydrogens is 928 g/mol. The number of hydrogen-bond acceptors (Lipinski definition) is 6. The van der Waals surface area contributed by atoms with Crippen molar-refractivity contribution in [3.8, 4) is 17.2 Å². The van der Waals surface area contributed by atoms with Gasteiger partial charge < -0.3 is 20.2 Å². The number of nitrogens with zero attached hydrogens (tertiary/aromatic N) is 2. The fraction of sp³-hybridized carbons (Fsp3) is 0.103. The van der Waals surface area contributed by atoms with Crippen LogP contribution in [0.15, 0.2) is 107 Å². The Kier molecular flexibility index (Phi) is 17.6. The average Bonchev–Trinajstić information content (AvgIpc) is 3.70. The van der Waals surface area contributed by atoms with Crippen LogP contribution in [0.5, 0.6) is 17.2 Å². The van der Waals surface area contributed by atoms with E-state index in [1.165, 1.54) is 67.2 Å². The number of phenolic OH excluding ortho intramolecular Hbond substituents is 3. The number of benzene rings is 5. The first-order valence-corrected chi connectivity index (χ1v) is 21.0. The molecule has 16 heteroatoms. The van der Waals surface area contributed by atoms with Crippen molar-refractivity contribution in [3.05, 3.63) is 152 Å². The molecule has 1 aromatic heterocycles. The lowest BCUT2D eigenvalue weighted by Crippen LogP contribution is -2.33. The average molecular weight is 958 g/mol. The number of allylic oxidation sites excluding steroid dienone is 2. The van der Waals surface area contributed by atoms with Crippen LogP contribution in [0.1, 0.15) is 18.9 Å². The van der Waals surface area contributed by atoms with E-state index in [1.807, 2.05) is 23.1 Å². The zero-order chi connectivity index (χ0) is 40.4. The summed E-state index contributed by atoms with van der Waals surface area (Å²) < 4.78 is 3.72. The first-order chi connectivity index (χ1) is 26.1. The van der Waals surface area contributed by atoms with Crippen molar-refractivity contribution in [2.75, 3.05) is 11.4 Å². The number of thiazole rings is 1. The maximum absolute atomic E-state index is 8.95. The van der Waals surface area contributed by atoms with Gasteiger partial charge in [-0.3, -0.25) is 0 Å². The molecule has 5 aromatic carbocycles. The number of phenols is 3. The van der Waals surface area contributed by atoms with Crippen molar-refractivity contribution in [2.24, 2.45) is 0 Å². The van der Waals surface area contributed by atoms with Gasteiger partial charge >= 0.3 is 0 Å². The van der Waals surface area contributed by atoms with Gasteiger partial charge in [-0.1, -0.05) is 158 Å². The Bertz CT molecular complexity index is 2070. The topological polar surface area (TPSA) is 67.8 Å². The number of anilines is 1. The van der Waals surface area contributed by atoms with Crippen molar-refractivity contribution in [1.82, 2.24) is 0 Å². The molecule has 0 aliphatic carbocycles. The molecule has 0 atom stereocenters. The standard InChI is InChI=1S/C21H21N2S2.3C6H3Cl3O/c1-3-22-16-10-5-7-12-18(16)24-20(22)14-9-15-21-23(4-2)17-11-6-8-13-19(17)25-21;3*7-3-1-5(9)6(10)2-4(3)8/h5-15H,3-4H2,1-2H3;3*1-2,10H/q+1;;;. The molecule has 0 saturated carbocycles. The lowest BCUT2D eigenvalue weighted by molar-refractivity contribution is -0.665. The number of aromatic hydroxyl groups is 3. The van der Waals surface area contributed by atoms with Gasteiger partial charge in [0.1, 0.15) is 28.5 Å². The van der Waals surface area contributed by atoms with Crippen molar-refractivity contribution < 1.29 is 19.9 Å². The fourth-order valence-corrected chi connectivity index (χ4v) is 8.66. The van der Waals surface area contributed by atoms with Crippen LogP contribution in [0.3, 0.4) is 0 Å². The van der Waals surface area contributed by atoms with Crippen LogP contribution >= 0.6 is 128 Å². The van der Waals surface area contributed by atoms with Crippen LogP contribution in [-0.4, -0.2) is 21.9 Å². The molecule has 55 heavy (non-hydrogen) atoms. The second-order valence-electron chi connectivity index (χ2n) is 11.0. The molecule has 3 N–H and O–H groups in total. The highest BCUT2D eigenvalue weighted by atomic mass is 35.5. The number of hydrogen-bond donors (Lipinski definition) is 3. The Morgan fingerprint density at radius 3 is 1.53 bits per heavy atom. The molecular formula is C39H30Cl9N2O3S2+. The monoisotopic (exact) mass is 953 g/mol. The van der Waals surface area contributed by atoms with E-state index >= 15 is 0 Å². The summed E-state index contributed by atoms with van der Waals surface area (Å²) in [6.45, 7) is 6.39. The highest BCUT2D eigenvalue weighted by Gasteiger charge is 2.23. The molecule has 1 aliphatic rings. The summed E-state index contributed by atoms with van der Waals surface area (Å²) >= 11 is 53.5. The van der Waals surface area contributed by atoms with Crippen LogP contribution in [0.25, 0.3) is 16.3 Å². The molecule has 0 amide bonds. The van der Waals surface area contributed by atoms with E-state index in [4.69, 9.17) is 120 Å². The second-order valence-corrected chi connectivity index (χ2v) is 16.8. The summed E-state index contributed by atoms with van der Waals surface area (Å²) in [7, 11) is 0. The van der Waals surface area contributed by atoms with E-state index in [9.17, 15) is 0 Å². The molecule has 288 valence electrons. The molecule has 7 rings (SSSR count). The van der Waals surface area contributed by atoms with Gasteiger partial charge in [-0.2, -0.15) is 4.57 Å². The highest BCUT2D eigenvalue weighted by Crippen LogP contribution is 2.45. The van der Waals surface area contributed by atoms with Crippen LogP contribution in [0, 0.1) is 0 Å².